The minimum absolute atomic E-state index is 0.0959. The fourth-order valence-electron chi connectivity index (χ4n) is 1.81. The van der Waals surface area contributed by atoms with Crippen molar-refractivity contribution in [3.8, 4) is 0 Å². The quantitative estimate of drug-likeness (QED) is 0.729. The molecule has 0 radical (unpaired) electrons. The van der Waals surface area contributed by atoms with Gasteiger partial charge in [0.05, 0.1) is 12.1 Å². The Morgan fingerprint density at radius 1 is 1.60 bits per heavy atom. The summed E-state index contributed by atoms with van der Waals surface area (Å²) in [7, 11) is 3.56. The van der Waals surface area contributed by atoms with E-state index in [0.717, 1.165) is 26.0 Å². The summed E-state index contributed by atoms with van der Waals surface area (Å²) in [6.45, 7) is 3.65. The molecule has 4 heteroatoms. The Bertz CT molecular complexity index is 201. The van der Waals surface area contributed by atoms with E-state index in [1.54, 1.807) is 19.0 Å². The van der Waals surface area contributed by atoms with E-state index in [2.05, 4.69) is 5.32 Å². The molecule has 1 aliphatic heterocycles. The van der Waals surface area contributed by atoms with Crippen LogP contribution in [0, 0.1) is 0 Å². The molecule has 1 heterocycles. The van der Waals surface area contributed by atoms with E-state index in [0.29, 0.717) is 6.10 Å². The van der Waals surface area contributed by atoms with Crippen LogP contribution in [0.5, 0.6) is 0 Å². The molecule has 1 fully saturated rings. The molecule has 1 rings (SSSR count). The molecule has 2 unspecified atom stereocenters. The van der Waals surface area contributed by atoms with Gasteiger partial charge >= 0.3 is 0 Å². The van der Waals surface area contributed by atoms with E-state index in [1.165, 1.54) is 6.42 Å². The van der Waals surface area contributed by atoms with Gasteiger partial charge in [0, 0.05) is 20.7 Å². The van der Waals surface area contributed by atoms with Gasteiger partial charge in [-0.05, 0) is 32.7 Å². The number of nitrogens with one attached hydrogen (secondary N) is 1. The lowest BCUT2D eigenvalue weighted by atomic mass is 10.2. The summed E-state index contributed by atoms with van der Waals surface area (Å²) in [5, 5.41) is 3.22. The summed E-state index contributed by atoms with van der Waals surface area (Å²) in [4.78, 5) is 13.1. The third kappa shape index (κ3) is 4.18. The Kier molecular flexibility index (Phi) is 5.05. The Hall–Kier alpha value is -0.610. The Morgan fingerprint density at radius 2 is 2.33 bits per heavy atom. The molecule has 0 spiro atoms. The van der Waals surface area contributed by atoms with Gasteiger partial charge in [0.15, 0.2) is 0 Å². The van der Waals surface area contributed by atoms with Gasteiger partial charge in [-0.3, -0.25) is 4.79 Å². The highest BCUT2D eigenvalue weighted by Crippen LogP contribution is 2.14. The summed E-state index contributed by atoms with van der Waals surface area (Å²) < 4.78 is 5.51. The van der Waals surface area contributed by atoms with Crippen molar-refractivity contribution in [2.24, 2.45) is 0 Å². The van der Waals surface area contributed by atoms with Gasteiger partial charge in [0.1, 0.15) is 0 Å². The zero-order valence-corrected chi connectivity index (χ0v) is 9.95. The molecule has 1 N–H and O–H groups in total. The maximum Gasteiger partial charge on any atom is 0.238 e. The van der Waals surface area contributed by atoms with Crippen LogP contribution in [0.25, 0.3) is 0 Å². The fourth-order valence-corrected chi connectivity index (χ4v) is 1.81. The zero-order valence-electron chi connectivity index (χ0n) is 9.95. The lowest BCUT2D eigenvalue weighted by Gasteiger charge is -2.18. The zero-order chi connectivity index (χ0) is 11.3. The first-order valence-corrected chi connectivity index (χ1v) is 5.67. The molecule has 4 nitrogen and oxygen atoms in total. The summed E-state index contributed by atoms with van der Waals surface area (Å²) in [5.41, 5.74) is 0. The highest BCUT2D eigenvalue weighted by atomic mass is 16.5. The van der Waals surface area contributed by atoms with Gasteiger partial charge < -0.3 is 15.0 Å². The highest BCUT2D eigenvalue weighted by molar-refractivity contribution is 5.80. The Labute approximate surface area is 92.0 Å². The SMILES string of the molecule is CC(NCCC1CCCO1)C(=O)N(C)C. The summed E-state index contributed by atoms with van der Waals surface area (Å²) in [5.74, 6) is 0.127. The number of carbonyl (C=O) groups is 1. The number of rotatable bonds is 5. The molecule has 0 aromatic carbocycles. The number of amides is 1. The molecular weight excluding hydrogens is 192 g/mol. The number of likely N-dealkylation sites (N-methyl/N-ethyl adjacent to an activating group) is 1. The number of ether oxygens (including phenoxy) is 1. The normalized spacial score (nSPS) is 22.7. The van der Waals surface area contributed by atoms with Crippen LogP contribution < -0.4 is 5.32 Å². The third-order valence-corrected chi connectivity index (χ3v) is 2.75. The average Bonchev–Trinajstić information content (AvgIpc) is 2.69. The van der Waals surface area contributed by atoms with Gasteiger partial charge in [0.25, 0.3) is 0 Å². The van der Waals surface area contributed by atoms with Crippen LogP contribution in [0.1, 0.15) is 26.2 Å². The molecule has 0 aliphatic carbocycles. The van der Waals surface area contributed by atoms with E-state index < -0.39 is 0 Å². The number of carbonyl (C=O) groups excluding carboxylic acids is 1. The van der Waals surface area contributed by atoms with Crippen molar-refractivity contribution in [3.63, 3.8) is 0 Å². The van der Waals surface area contributed by atoms with Crippen LogP contribution in [-0.4, -0.2) is 50.2 Å². The first-order chi connectivity index (χ1) is 7.11. The maximum absolute atomic E-state index is 11.5. The molecule has 15 heavy (non-hydrogen) atoms. The molecule has 1 amide bonds. The molecular formula is C11H22N2O2. The van der Waals surface area contributed by atoms with Crippen molar-refractivity contribution in [1.82, 2.24) is 10.2 Å². The number of hydrogen-bond acceptors (Lipinski definition) is 3. The second kappa shape index (κ2) is 6.08. The predicted octanol–water partition coefficient (Wildman–Crippen LogP) is 0.622. The minimum Gasteiger partial charge on any atom is -0.378 e. The molecule has 1 saturated heterocycles. The molecule has 0 saturated carbocycles. The predicted molar refractivity (Wildman–Crippen MR) is 59.7 cm³/mol. The smallest absolute Gasteiger partial charge is 0.238 e. The van der Waals surface area contributed by atoms with E-state index in [1.807, 2.05) is 6.92 Å². The van der Waals surface area contributed by atoms with Crippen LogP contribution in [0.4, 0.5) is 0 Å². The number of hydrogen-bond donors (Lipinski definition) is 1. The molecule has 0 aromatic rings. The molecule has 88 valence electrons. The summed E-state index contributed by atoms with van der Waals surface area (Å²) in [6.07, 6.45) is 3.75. The van der Waals surface area contributed by atoms with Crippen LogP contribution in [0.3, 0.4) is 0 Å². The Morgan fingerprint density at radius 3 is 2.87 bits per heavy atom. The standard InChI is InChI=1S/C11H22N2O2/c1-9(11(14)13(2)3)12-7-6-10-5-4-8-15-10/h9-10,12H,4-8H2,1-3H3. The van der Waals surface area contributed by atoms with Crippen molar-refractivity contribution >= 4 is 5.91 Å². The first kappa shape index (κ1) is 12.5. The summed E-state index contributed by atoms with van der Waals surface area (Å²) >= 11 is 0. The topological polar surface area (TPSA) is 41.6 Å². The number of nitrogens with zero attached hydrogens (tertiary/aromatic N) is 1. The van der Waals surface area contributed by atoms with Gasteiger partial charge in [-0.2, -0.15) is 0 Å². The van der Waals surface area contributed by atoms with E-state index in [-0.39, 0.29) is 11.9 Å². The molecule has 1 aliphatic rings. The van der Waals surface area contributed by atoms with Crippen molar-refractivity contribution < 1.29 is 9.53 Å². The third-order valence-electron chi connectivity index (χ3n) is 2.75. The Balaban J connectivity index is 2.10. The second-order valence-corrected chi connectivity index (χ2v) is 4.33. The highest BCUT2D eigenvalue weighted by Gasteiger charge is 2.17. The van der Waals surface area contributed by atoms with Crippen LogP contribution >= 0.6 is 0 Å². The molecule has 0 aromatic heterocycles. The first-order valence-electron chi connectivity index (χ1n) is 5.67. The monoisotopic (exact) mass is 214 g/mol. The van der Waals surface area contributed by atoms with E-state index in [9.17, 15) is 4.79 Å². The molecule has 0 bridgehead atoms. The van der Waals surface area contributed by atoms with Crippen LogP contribution in [-0.2, 0) is 9.53 Å². The molecule has 2 atom stereocenters. The van der Waals surface area contributed by atoms with Crippen LogP contribution in [0.2, 0.25) is 0 Å². The van der Waals surface area contributed by atoms with E-state index >= 15 is 0 Å². The van der Waals surface area contributed by atoms with Gasteiger partial charge in [-0.15, -0.1) is 0 Å². The second-order valence-electron chi connectivity index (χ2n) is 4.33. The largest absolute Gasteiger partial charge is 0.378 e. The lowest BCUT2D eigenvalue weighted by molar-refractivity contribution is -0.130. The van der Waals surface area contributed by atoms with Crippen molar-refractivity contribution in [2.75, 3.05) is 27.2 Å². The van der Waals surface area contributed by atoms with Gasteiger partial charge in [0.2, 0.25) is 5.91 Å². The average molecular weight is 214 g/mol. The van der Waals surface area contributed by atoms with Crippen molar-refractivity contribution in [3.05, 3.63) is 0 Å². The van der Waals surface area contributed by atoms with Gasteiger partial charge in [-0.1, -0.05) is 0 Å². The maximum atomic E-state index is 11.5. The van der Waals surface area contributed by atoms with Gasteiger partial charge in [-0.25, -0.2) is 0 Å². The van der Waals surface area contributed by atoms with Crippen molar-refractivity contribution in [2.45, 2.75) is 38.3 Å². The fraction of sp³-hybridized carbons (Fsp3) is 0.909. The van der Waals surface area contributed by atoms with Crippen molar-refractivity contribution in [1.29, 1.82) is 0 Å². The van der Waals surface area contributed by atoms with E-state index in [4.69, 9.17) is 4.74 Å². The summed E-state index contributed by atoms with van der Waals surface area (Å²) in [6, 6.07) is -0.0959. The van der Waals surface area contributed by atoms with Crippen LogP contribution in [0.15, 0.2) is 0 Å². The lowest BCUT2D eigenvalue weighted by Crippen LogP contribution is -2.42. The minimum atomic E-state index is -0.0959.